The van der Waals surface area contributed by atoms with Gasteiger partial charge in [0.15, 0.2) is 0 Å². The quantitative estimate of drug-likeness (QED) is 0.681. The summed E-state index contributed by atoms with van der Waals surface area (Å²) in [5.41, 5.74) is 13.2. The van der Waals surface area contributed by atoms with Crippen LogP contribution < -0.4 is 16.8 Å². The molecule has 3 rings (SSSR count). The molecule has 2 aromatic rings. The molecule has 1 fully saturated rings. The van der Waals surface area contributed by atoms with E-state index in [0.717, 1.165) is 36.0 Å². The number of hydrogen-bond donors (Lipinski definition) is 3. The number of benzene rings is 1. The van der Waals surface area contributed by atoms with Gasteiger partial charge in [-0.3, -0.25) is 4.79 Å². The Morgan fingerprint density at radius 3 is 2.52 bits per heavy atom. The van der Waals surface area contributed by atoms with Gasteiger partial charge in [0, 0.05) is 24.2 Å². The Kier molecular flexibility index (Phi) is 5.30. The van der Waals surface area contributed by atoms with Crippen LogP contribution in [0.1, 0.15) is 30.4 Å². The predicted octanol–water partition coefficient (Wildman–Crippen LogP) is 2.34. The molecule has 1 heterocycles. The third kappa shape index (κ3) is 3.87. The number of amides is 1. The van der Waals surface area contributed by atoms with E-state index in [9.17, 15) is 4.79 Å². The topological polar surface area (TPSA) is 119 Å². The summed E-state index contributed by atoms with van der Waals surface area (Å²) < 4.78 is 0. The number of allylic oxidation sites excluding steroid dienone is 1. The van der Waals surface area contributed by atoms with Gasteiger partial charge < -0.3 is 16.8 Å². The van der Waals surface area contributed by atoms with Gasteiger partial charge in [-0.2, -0.15) is 0 Å². The van der Waals surface area contributed by atoms with Crippen LogP contribution in [0.4, 0.5) is 5.82 Å². The second-order valence-electron chi connectivity index (χ2n) is 6.43. The fraction of sp³-hybridized carbons (Fsp3) is 0.200. The highest BCUT2D eigenvalue weighted by molar-refractivity contribution is 6.10. The minimum atomic E-state index is -0.532. The Morgan fingerprint density at radius 1 is 1.26 bits per heavy atom. The molecule has 0 atom stereocenters. The molecule has 27 heavy (non-hydrogen) atoms. The summed E-state index contributed by atoms with van der Waals surface area (Å²) in [4.78, 5) is 24.8. The van der Waals surface area contributed by atoms with Crippen molar-refractivity contribution in [3.05, 3.63) is 72.6 Å². The molecular weight excluding hydrogens is 340 g/mol. The molecule has 5 N–H and O–H groups in total. The standard InChI is InChI=1S/C20H22N6O/c1-14(22)24-12-16(11-21)15-3-5-17(6-4-15)20(8-2-9-20)19(27)26-18-7-10-23-13-25-18/h3-7,10-13H,1-2,8-9,21-22H2,(H,23,25,26,27)/b16-11+,24-12?. The molecule has 0 spiro atoms. The number of nitrogens with one attached hydrogen (secondary N) is 1. The first-order chi connectivity index (χ1) is 13.0. The second-order valence-corrected chi connectivity index (χ2v) is 6.43. The maximum absolute atomic E-state index is 12.9. The maximum atomic E-state index is 12.9. The smallest absolute Gasteiger partial charge is 0.236 e. The lowest BCUT2D eigenvalue weighted by Crippen LogP contribution is -2.46. The number of carbonyl (C=O) groups is 1. The second kappa shape index (κ2) is 7.82. The van der Waals surface area contributed by atoms with Crippen LogP contribution in [0.25, 0.3) is 5.57 Å². The van der Waals surface area contributed by atoms with Crippen molar-refractivity contribution in [1.82, 2.24) is 9.97 Å². The molecule has 1 aliphatic rings. The van der Waals surface area contributed by atoms with Gasteiger partial charge in [0.2, 0.25) is 5.91 Å². The maximum Gasteiger partial charge on any atom is 0.236 e. The number of hydrogen-bond acceptors (Lipinski definition) is 6. The van der Waals surface area contributed by atoms with E-state index in [4.69, 9.17) is 11.5 Å². The van der Waals surface area contributed by atoms with E-state index in [0.29, 0.717) is 5.82 Å². The molecule has 1 aromatic carbocycles. The normalized spacial score (nSPS) is 15.9. The highest BCUT2D eigenvalue weighted by atomic mass is 16.2. The summed E-state index contributed by atoms with van der Waals surface area (Å²) in [6.07, 6.45) is 8.66. The lowest BCUT2D eigenvalue weighted by atomic mass is 9.63. The van der Waals surface area contributed by atoms with Gasteiger partial charge in [-0.05, 0) is 30.0 Å². The molecule has 1 aliphatic carbocycles. The van der Waals surface area contributed by atoms with Gasteiger partial charge >= 0.3 is 0 Å². The van der Waals surface area contributed by atoms with Crippen molar-refractivity contribution >= 4 is 23.5 Å². The Labute approximate surface area is 157 Å². The minimum absolute atomic E-state index is 0.0456. The first-order valence-electron chi connectivity index (χ1n) is 8.64. The van der Waals surface area contributed by atoms with Crippen LogP contribution in [0.5, 0.6) is 0 Å². The molecule has 1 amide bonds. The summed E-state index contributed by atoms with van der Waals surface area (Å²) in [6.45, 7) is 3.53. The fourth-order valence-corrected chi connectivity index (χ4v) is 3.13. The van der Waals surface area contributed by atoms with E-state index in [-0.39, 0.29) is 11.7 Å². The lowest BCUT2D eigenvalue weighted by Gasteiger charge is -2.40. The van der Waals surface area contributed by atoms with Gasteiger partial charge in [0.25, 0.3) is 0 Å². The molecular formula is C20H22N6O. The van der Waals surface area contributed by atoms with Gasteiger partial charge in [0.1, 0.15) is 18.0 Å². The van der Waals surface area contributed by atoms with Crippen molar-refractivity contribution in [3.8, 4) is 0 Å². The van der Waals surface area contributed by atoms with Crippen LogP contribution in [0.2, 0.25) is 0 Å². The average molecular weight is 362 g/mol. The summed E-state index contributed by atoms with van der Waals surface area (Å²) in [5, 5.41) is 2.90. The largest absolute Gasteiger partial charge is 0.404 e. The molecule has 0 radical (unpaired) electrons. The Hall–Kier alpha value is -3.48. The molecule has 0 bridgehead atoms. The van der Waals surface area contributed by atoms with E-state index < -0.39 is 5.41 Å². The zero-order valence-electron chi connectivity index (χ0n) is 14.9. The zero-order chi connectivity index (χ0) is 19.3. The van der Waals surface area contributed by atoms with Crippen LogP contribution in [0.3, 0.4) is 0 Å². The lowest BCUT2D eigenvalue weighted by molar-refractivity contribution is -0.124. The number of nitrogens with zero attached hydrogens (tertiary/aromatic N) is 3. The van der Waals surface area contributed by atoms with Gasteiger partial charge in [-0.25, -0.2) is 15.0 Å². The SMILES string of the molecule is C=C(N)N=C/C(=C\N)c1ccc(C2(C(=O)Nc3ccncn3)CCC2)cc1. The van der Waals surface area contributed by atoms with Gasteiger partial charge in [-0.1, -0.05) is 37.3 Å². The van der Waals surface area contributed by atoms with Gasteiger partial charge in [-0.15, -0.1) is 0 Å². The van der Waals surface area contributed by atoms with Crippen molar-refractivity contribution in [2.24, 2.45) is 16.5 Å². The van der Waals surface area contributed by atoms with Crippen LogP contribution in [-0.2, 0) is 10.2 Å². The number of anilines is 1. The van der Waals surface area contributed by atoms with Crippen LogP contribution in [0.15, 0.2) is 66.4 Å². The molecule has 7 heteroatoms. The van der Waals surface area contributed by atoms with Crippen molar-refractivity contribution in [1.29, 1.82) is 0 Å². The number of aliphatic imine (C=N–C) groups is 1. The molecule has 1 saturated carbocycles. The highest BCUT2D eigenvalue weighted by Gasteiger charge is 2.45. The first kappa shape index (κ1) is 18.3. The van der Waals surface area contributed by atoms with E-state index in [1.807, 2.05) is 24.3 Å². The minimum Gasteiger partial charge on any atom is -0.404 e. The fourth-order valence-electron chi connectivity index (χ4n) is 3.13. The van der Waals surface area contributed by atoms with E-state index in [1.54, 1.807) is 18.5 Å². The monoisotopic (exact) mass is 362 g/mol. The molecule has 7 nitrogen and oxygen atoms in total. The highest BCUT2D eigenvalue weighted by Crippen LogP contribution is 2.44. The summed E-state index contributed by atoms with van der Waals surface area (Å²) in [6, 6.07) is 9.45. The first-order valence-corrected chi connectivity index (χ1v) is 8.64. The number of carbonyl (C=O) groups excluding carboxylic acids is 1. The Bertz CT molecular complexity index is 882. The van der Waals surface area contributed by atoms with Crippen LogP contribution >= 0.6 is 0 Å². The zero-order valence-corrected chi connectivity index (χ0v) is 14.9. The molecule has 0 saturated heterocycles. The molecule has 138 valence electrons. The molecule has 0 aliphatic heterocycles. The van der Waals surface area contributed by atoms with Crippen molar-refractivity contribution in [2.75, 3.05) is 5.32 Å². The number of nitrogens with two attached hydrogens (primary N) is 2. The van der Waals surface area contributed by atoms with Crippen molar-refractivity contribution in [3.63, 3.8) is 0 Å². The number of rotatable bonds is 6. The Balaban J connectivity index is 1.82. The average Bonchev–Trinajstić information content (AvgIpc) is 2.63. The molecule has 0 unspecified atom stereocenters. The van der Waals surface area contributed by atoms with Crippen LogP contribution in [-0.4, -0.2) is 22.1 Å². The Morgan fingerprint density at radius 2 is 2.00 bits per heavy atom. The third-order valence-electron chi connectivity index (χ3n) is 4.79. The van der Waals surface area contributed by atoms with Crippen LogP contribution in [0, 0.1) is 0 Å². The summed E-state index contributed by atoms with van der Waals surface area (Å²) >= 11 is 0. The summed E-state index contributed by atoms with van der Waals surface area (Å²) in [5.74, 6) is 0.668. The van der Waals surface area contributed by atoms with E-state index >= 15 is 0 Å². The molecule has 1 aromatic heterocycles. The van der Waals surface area contributed by atoms with E-state index in [2.05, 4.69) is 26.9 Å². The predicted molar refractivity (Wildman–Crippen MR) is 107 cm³/mol. The summed E-state index contributed by atoms with van der Waals surface area (Å²) in [7, 11) is 0. The van der Waals surface area contributed by atoms with Gasteiger partial charge in [0.05, 0.1) is 5.41 Å². The van der Waals surface area contributed by atoms with Crippen molar-refractivity contribution in [2.45, 2.75) is 24.7 Å². The van der Waals surface area contributed by atoms with Crippen molar-refractivity contribution < 1.29 is 4.79 Å². The van der Waals surface area contributed by atoms with E-state index in [1.165, 1.54) is 12.5 Å². The number of aromatic nitrogens is 2. The third-order valence-corrected chi connectivity index (χ3v) is 4.79.